The van der Waals surface area contributed by atoms with Crippen molar-refractivity contribution in [3.8, 4) is 11.6 Å². The average Bonchev–Trinajstić information content (AvgIpc) is 3.27. The Hall–Kier alpha value is -4.11. The lowest BCUT2D eigenvalue weighted by Gasteiger charge is -2.17. The Balaban J connectivity index is 1.81. The lowest BCUT2D eigenvalue weighted by molar-refractivity contribution is -0.143. The van der Waals surface area contributed by atoms with Crippen LogP contribution in [0.1, 0.15) is 40.3 Å². The second kappa shape index (κ2) is 10.1. The number of hydrogen-bond donors (Lipinski definition) is 1. The minimum absolute atomic E-state index is 0.00509. The molecule has 1 N–H and O–H groups in total. The van der Waals surface area contributed by atoms with E-state index in [0.29, 0.717) is 6.26 Å². The summed E-state index contributed by atoms with van der Waals surface area (Å²) in [4.78, 5) is 20.4. The van der Waals surface area contributed by atoms with Gasteiger partial charge in [-0.3, -0.25) is 4.79 Å². The zero-order chi connectivity index (χ0) is 27.6. The molecule has 0 bridgehead atoms. The first-order chi connectivity index (χ1) is 17.0. The maximum Gasteiger partial charge on any atom is 0.416 e. The van der Waals surface area contributed by atoms with Gasteiger partial charge in [0, 0.05) is 5.56 Å². The van der Waals surface area contributed by atoms with E-state index in [0.717, 1.165) is 17.2 Å². The monoisotopic (exact) mass is 539 g/mol. The van der Waals surface area contributed by atoms with Gasteiger partial charge in [-0.25, -0.2) is 9.97 Å². The molecule has 2 aromatic heterocycles. The number of carbonyl (C=O) groups excluding carboxylic acids is 1. The van der Waals surface area contributed by atoms with Gasteiger partial charge in [-0.05, 0) is 37.3 Å². The molecule has 1 atom stereocenters. The number of ether oxygens (including phenoxy) is 1. The minimum Gasteiger partial charge on any atom is -0.463 e. The molecule has 1 amide bonds. The molecule has 0 spiro atoms. The molecular formula is C21H14F9N5O2. The standard InChI is InChI=1S/C21H14F9N5O2/c1-11(34-18(36)12-6-13(20(25,26)27)8-14(7-12)21(28,29)30)17-32-10-33-35(17)16-3-2-15(9-31-16)37-5-4-19(22,23)24/h2-11H,1H3,(H,34,36)/b5-4-. The van der Waals surface area contributed by atoms with Crippen molar-refractivity contribution in [3.63, 3.8) is 0 Å². The summed E-state index contributed by atoms with van der Waals surface area (Å²) >= 11 is 0. The zero-order valence-corrected chi connectivity index (χ0v) is 18.3. The van der Waals surface area contributed by atoms with Crippen molar-refractivity contribution in [3.05, 3.63) is 77.7 Å². The highest BCUT2D eigenvalue weighted by atomic mass is 19.4. The van der Waals surface area contributed by atoms with Crippen molar-refractivity contribution in [2.45, 2.75) is 31.5 Å². The molecule has 0 aliphatic heterocycles. The summed E-state index contributed by atoms with van der Waals surface area (Å²) in [7, 11) is 0. The Morgan fingerprint density at radius 3 is 2.11 bits per heavy atom. The van der Waals surface area contributed by atoms with Crippen LogP contribution >= 0.6 is 0 Å². The summed E-state index contributed by atoms with van der Waals surface area (Å²) in [6.07, 6.45) is -12.5. The zero-order valence-electron chi connectivity index (χ0n) is 18.3. The van der Waals surface area contributed by atoms with E-state index in [4.69, 9.17) is 4.74 Å². The third-order valence-corrected chi connectivity index (χ3v) is 4.56. The van der Waals surface area contributed by atoms with Crippen LogP contribution in [0.25, 0.3) is 5.82 Å². The van der Waals surface area contributed by atoms with Crippen molar-refractivity contribution >= 4 is 5.91 Å². The van der Waals surface area contributed by atoms with E-state index in [1.807, 2.05) is 0 Å². The summed E-state index contributed by atoms with van der Waals surface area (Å²) in [5.74, 6) is -1.24. The number of pyridine rings is 1. The van der Waals surface area contributed by atoms with Gasteiger partial charge in [0.15, 0.2) is 11.6 Å². The fourth-order valence-electron chi connectivity index (χ4n) is 2.91. The molecule has 0 saturated heterocycles. The average molecular weight is 539 g/mol. The molecular weight excluding hydrogens is 525 g/mol. The number of benzene rings is 1. The van der Waals surface area contributed by atoms with Gasteiger partial charge < -0.3 is 10.1 Å². The quantitative estimate of drug-likeness (QED) is 0.324. The highest BCUT2D eigenvalue weighted by Crippen LogP contribution is 2.36. The SMILES string of the molecule is CC(NC(=O)c1cc(C(F)(F)F)cc(C(F)(F)F)c1)c1ncnn1-c1ccc(O/C=C\C(F)(F)F)cn1. The number of rotatable bonds is 6. The van der Waals surface area contributed by atoms with Gasteiger partial charge in [0.1, 0.15) is 12.1 Å². The molecule has 37 heavy (non-hydrogen) atoms. The Kier molecular flexibility index (Phi) is 7.50. The second-order valence-electron chi connectivity index (χ2n) is 7.33. The highest BCUT2D eigenvalue weighted by molar-refractivity contribution is 5.94. The summed E-state index contributed by atoms with van der Waals surface area (Å²) in [5, 5.41) is 6.15. The van der Waals surface area contributed by atoms with Gasteiger partial charge in [0.25, 0.3) is 5.91 Å². The molecule has 0 aliphatic rings. The maximum atomic E-state index is 13.1. The molecule has 0 saturated carbocycles. The molecule has 0 radical (unpaired) electrons. The number of amides is 1. The lowest BCUT2D eigenvalue weighted by Crippen LogP contribution is -2.29. The molecule has 16 heteroatoms. The topological polar surface area (TPSA) is 81.9 Å². The van der Waals surface area contributed by atoms with E-state index in [1.54, 1.807) is 0 Å². The first kappa shape index (κ1) is 27.5. The molecule has 7 nitrogen and oxygen atoms in total. The first-order valence-electron chi connectivity index (χ1n) is 9.92. The third kappa shape index (κ3) is 7.20. The van der Waals surface area contributed by atoms with Crippen molar-refractivity contribution < 1.29 is 49.0 Å². The second-order valence-corrected chi connectivity index (χ2v) is 7.33. The van der Waals surface area contributed by atoms with Gasteiger partial charge in [-0.1, -0.05) is 0 Å². The fraction of sp³-hybridized carbons (Fsp3) is 0.238. The Morgan fingerprint density at radius 1 is 0.973 bits per heavy atom. The van der Waals surface area contributed by atoms with E-state index in [9.17, 15) is 44.3 Å². The van der Waals surface area contributed by atoms with Crippen LogP contribution in [0.4, 0.5) is 39.5 Å². The smallest absolute Gasteiger partial charge is 0.416 e. The minimum atomic E-state index is -5.13. The largest absolute Gasteiger partial charge is 0.463 e. The molecule has 1 unspecified atom stereocenters. The van der Waals surface area contributed by atoms with Crippen molar-refractivity contribution in [2.75, 3.05) is 0 Å². The number of carbonyl (C=O) groups is 1. The number of halogens is 9. The van der Waals surface area contributed by atoms with E-state index < -0.39 is 47.2 Å². The number of nitrogens with one attached hydrogen (secondary N) is 1. The Morgan fingerprint density at radius 2 is 1.59 bits per heavy atom. The molecule has 3 aromatic rings. The van der Waals surface area contributed by atoms with Crippen LogP contribution in [0.5, 0.6) is 5.75 Å². The van der Waals surface area contributed by atoms with Gasteiger partial charge in [0.05, 0.1) is 35.7 Å². The number of aromatic nitrogens is 4. The predicted octanol–water partition coefficient (Wildman–Crippen LogP) is 5.65. The number of alkyl halides is 9. The number of hydrogen-bond acceptors (Lipinski definition) is 5. The summed E-state index contributed by atoms with van der Waals surface area (Å²) in [6.45, 7) is 1.34. The first-order valence-corrected chi connectivity index (χ1v) is 9.92. The van der Waals surface area contributed by atoms with Crippen LogP contribution in [-0.2, 0) is 12.4 Å². The lowest BCUT2D eigenvalue weighted by atomic mass is 10.0. The van der Waals surface area contributed by atoms with Gasteiger partial charge in [-0.15, -0.1) is 0 Å². The molecule has 2 heterocycles. The van der Waals surface area contributed by atoms with Gasteiger partial charge in [-0.2, -0.15) is 49.3 Å². The molecule has 1 aromatic carbocycles. The Bertz CT molecular complexity index is 1250. The predicted molar refractivity (Wildman–Crippen MR) is 107 cm³/mol. The molecule has 198 valence electrons. The van der Waals surface area contributed by atoms with Crippen LogP contribution in [0.15, 0.2) is 55.2 Å². The number of allylic oxidation sites excluding steroid dienone is 1. The molecule has 0 aliphatic carbocycles. The molecule has 3 rings (SSSR count). The van der Waals surface area contributed by atoms with Crippen molar-refractivity contribution in [1.29, 1.82) is 0 Å². The van der Waals surface area contributed by atoms with Gasteiger partial charge >= 0.3 is 18.5 Å². The van der Waals surface area contributed by atoms with E-state index in [-0.39, 0.29) is 41.7 Å². The fourth-order valence-corrected chi connectivity index (χ4v) is 2.91. The van der Waals surface area contributed by atoms with Crippen LogP contribution in [0.2, 0.25) is 0 Å². The van der Waals surface area contributed by atoms with E-state index >= 15 is 0 Å². The molecule has 0 fully saturated rings. The summed E-state index contributed by atoms with van der Waals surface area (Å²) in [6, 6.07) is 1.93. The van der Waals surface area contributed by atoms with E-state index in [1.165, 1.54) is 19.1 Å². The van der Waals surface area contributed by atoms with Gasteiger partial charge in [0.2, 0.25) is 0 Å². The van der Waals surface area contributed by atoms with Crippen LogP contribution in [-0.4, -0.2) is 31.8 Å². The number of nitrogens with zero attached hydrogens (tertiary/aromatic N) is 4. The summed E-state index contributed by atoms with van der Waals surface area (Å²) < 4.78 is 121. The summed E-state index contributed by atoms with van der Waals surface area (Å²) in [5.41, 5.74) is -4.19. The maximum absolute atomic E-state index is 13.1. The van der Waals surface area contributed by atoms with Crippen LogP contribution in [0, 0.1) is 0 Å². The van der Waals surface area contributed by atoms with Crippen LogP contribution < -0.4 is 10.1 Å². The highest BCUT2D eigenvalue weighted by Gasteiger charge is 2.37. The normalized spacial score (nSPS) is 13.6. The van der Waals surface area contributed by atoms with E-state index in [2.05, 4.69) is 20.4 Å². The van der Waals surface area contributed by atoms with Crippen LogP contribution in [0.3, 0.4) is 0 Å². The van der Waals surface area contributed by atoms with Crippen molar-refractivity contribution in [1.82, 2.24) is 25.1 Å². The third-order valence-electron chi connectivity index (χ3n) is 4.56. The Labute approximate surface area is 201 Å². The van der Waals surface area contributed by atoms with Crippen molar-refractivity contribution in [2.24, 2.45) is 0 Å².